The van der Waals surface area contributed by atoms with Gasteiger partial charge in [-0.05, 0) is 12.0 Å². The van der Waals surface area contributed by atoms with Crippen LogP contribution >= 0.6 is 0 Å². The zero-order valence-electron chi connectivity index (χ0n) is 12.6. The summed E-state index contributed by atoms with van der Waals surface area (Å²) < 4.78 is 0. The summed E-state index contributed by atoms with van der Waals surface area (Å²) in [4.78, 5) is 13.3. The molecular formula is C16H21N5. The molecule has 0 radical (unpaired) electrons. The van der Waals surface area contributed by atoms with Crippen LogP contribution in [0.2, 0.25) is 0 Å². The smallest absolute Gasteiger partial charge is 0.227 e. The highest BCUT2D eigenvalue weighted by Crippen LogP contribution is 2.24. The Bertz CT molecular complexity index is 624. The Balaban J connectivity index is 1.81. The van der Waals surface area contributed by atoms with Gasteiger partial charge in [-0.1, -0.05) is 30.3 Å². The molecule has 0 fully saturated rings. The average Bonchev–Trinajstić information content (AvgIpc) is 2.48. The van der Waals surface area contributed by atoms with Crippen LogP contribution in [0.5, 0.6) is 0 Å². The van der Waals surface area contributed by atoms with Crippen LogP contribution in [0, 0.1) is 0 Å². The molecular weight excluding hydrogens is 262 g/mol. The second-order valence-corrected chi connectivity index (χ2v) is 5.67. The second kappa shape index (κ2) is 5.69. The Morgan fingerprint density at radius 1 is 1.19 bits per heavy atom. The number of hydrogen-bond donors (Lipinski definition) is 1. The Morgan fingerprint density at radius 2 is 1.95 bits per heavy atom. The highest BCUT2D eigenvalue weighted by Gasteiger charge is 2.21. The summed E-state index contributed by atoms with van der Waals surface area (Å²) in [5, 5.41) is 0. The van der Waals surface area contributed by atoms with Crippen molar-refractivity contribution in [2.75, 3.05) is 31.3 Å². The predicted octanol–water partition coefficient (Wildman–Crippen LogP) is 1.68. The van der Waals surface area contributed by atoms with E-state index in [4.69, 9.17) is 5.73 Å². The van der Waals surface area contributed by atoms with Crippen molar-refractivity contribution < 1.29 is 0 Å². The van der Waals surface area contributed by atoms with Crippen molar-refractivity contribution in [3.63, 3.8) is 0 Å². The molecule has 2 heterocycles. The molecule has 5 heteroatoms. The van der Waals surface area contributed by atoms with Crippen molar-refractivity contribution in [1.82, 2.24) is 14.9 Å². The zero-order valence-corrected chi connectivity index (χ0v) is 12.6. The maximum absolute atomic E-state index is 6.08. The van der Waals surface area contributed by atoms with Gasteiger partial charge in [-0.2, -0.15) is 4.98 Å². The summed E-state index contributed by atoms with van der Waals surface area (Å²) in [7, 11) is 3.87. The second-order valence-electron chi connectivity index (χ2n) is 5.67. The lowest BCUT2D eigenvalue weighted by atomic mass is 10.0. The molecule has 110 valence electrons. The van der Waals surface area contributed by atoms with Crippen molar-refractivity contribution in [2.45, 2.75) is 19.5 Å². The fourth-order valence-electron chi connectivity index (χ4n) is 2.68. The molecule has 0 saturated heterocycles. The minimum Gasteiger partial charge on any atom is -0.383 e. The molecule has 1 aliphatic rings. The average molecular weight is 283 g/mol. The summed E-state index contributed by atoms with van der Waals surface area (Å²) in [6.07, 6.45) is 0.918. The third-order valence-corrected chi connectivity index (χ3v) is 3.81. The first-order chi connectivity index (χ1) is 10.1. The number of nitrogens with two attached hydrogens (primary N) is 1. The van der Waals surface area contributed by atoms with Crippen LogP contribution in [0.4, 0.5) is 11.8 Å². The van der Waals surface area contributed by atoms with Gasteiger partial charge in [0.05, 0.1) is 5.69 Å². The Kier molecular flexibility index (Phi) is 3.75. The van der Waals surface area contributed by atoms with Gasteiger partial charge in [0.1, 0.15) is 5.82 Å². The number of benzene rings is 1. The van der Waals surface area contributed by atoms with E-state index in [1.165, 1.54) is 5.56 Å². The van der Waals surface area contributed by atoms with Gasteiger partial charge in [0.25, 0.3) is 0 Å². The molecule has 0 amide bonds. The summed E-state index contributed by atoms with van der Waals surface area (Å²) in [5.41, 5.74) is 9.59. The number of rotatable bonds is 3. The maximum Gasteiger partial charge on any atom is 0.227 e. The summed E-state index contributed by atoms with van der Waals surface area (Å²) in [6, 6.07) is 10.5. The van der Waals surface area contributed by atoms with Gasteiger partial charge in [0, 0.05) is 39.3 Å². The number of nitrogen functional groups attached to an aromatic ring is 1. The molecule has 1 aromatic heterocycles. The van der Waals surface area contributed by atoms with Crippen molar-refractivity contribution in [3.8, 4) is 0 Å². The van der Waals surface area contributed by atoms with Gasteiger partial charge in [-0.25, -0.2) is 4.98 Å². The highest BCUT2D eigenvalue weighted by atomic mass is 15.2. The first kappa shape index (κ1) is 13.8. The summed E-state index contributed by atoms with van der Waals surface area (Å²) in [6.45, 7) is 2.77. The first-order valence-electron chi connectivity index (χ1n) is 7.22. The molecule has 21 heavy (non-hydrogen) atoms. The number of fused-ring (bicyclic) bond motifs is 1. The Morgan fingerprint density at radius 3 is 2.67 bits per heavy atom. The minimum absolute atomic E-state index is 0.628. The number of aromatic nitrogens is 2. The summed E-state index contributed by atoms with van der Waals surface area (Å²) in [5.74, 6) is 1.32. The third kappa shape index (κ3) is 2.97. The predicted molar refractivity (Wildman–Crippen MR) is 85.0 cm³/mol. The molecule has 0 unspecified atom stereocenters. The van der Waals surface area contributed by atoms with Crippen molar-refractivity contribution >= 4 is 11.8 Å². The van der Waals surface area contributed by atoms with Crippen molar-refractivity contribution in [3.05, 3.63) is 47.2 Å². The number of hydrogen-bond acceptors (Lipinski definition) is 5. The molecule has 0 atom stereocenters. The van der Waals surface area contributed by atoms with E-state index in [2.05, 4.69) is 39.1 Å². The molecule has 5 nitrogen and oxygen atoms in total. The van der Waals surface area contributed by atoms with Gasteiger partial charge >= 0.3 is 0 Å². The fraction of sp³-hybridized carbons (Fsp3) is 0.375. The zero-order chi connectivity index (χ0) is 14.8. The van der Waals surface area contributed by atoms with E-state index in [0.717, 1.165) is 37.3 Å². The van der Waals surface area contributed by atoms with Crippen LogP contribution in [0.3, 0.4) is 0 Å². The van der Waals surface area contributed by atoms with E-state index in [1.807, 2.05) is 25.1 Å². The van der Waals surface area contributed by atoms with Crippen molar-refractivity contribution in [1.29, 1.82) is 0 Å². The molecule has 0 bridgehead atoms. The molecule has 1 aliphatic heterocycles. The molecule has 2 N–H and O–H groups in total. The molecule has 0 saturated carbocycles. The number of anilines is 2. The monoisotopic (exact) mass is 283 g/mol. The van der Waals surface area contributed by atoms with E-state index in [0.29, 0.717) is 11.8 Å². The van der Waals surface area contributed by atoms with E-state index in [9.17, 15) is 0 Å². The van der Waals surface area contributed by atoms with Gasteiger partial charge < -0.3 is 10.6 Å². The van der Waals surface area contributed by atoms with E-state index < -0.39 is 0 Å². The van der Waals surface area contributed by atoms with E-state index in [1.54, 1.807) is 0 Å². The largest absolute Gasteiger partial charge is 0.383 e. The molecule has 0 aliphatic carbocycles. The SMILES string of the molecule is CN(C)c1nc(N)c2c(n1)CN(Cc1ccccc1)CC2. The standard InChI is InChI=1S/C16H21N5/c1-20(2)16-18-14-11-21(9-8-13(14)15(17)19-16)10-12-6-4-3-5-7-12/h3-7H,8-11H2,1-2H3,(H2,17,18,19). The topological polar surface area (TPSA) is 58.3 Å². The van der Waals surface area contributed by atoms with E-state index >= 15 is 0 Å². The van der Waals surface area contributed by atoms with Crippen LogP contribution in [0.1, 0.15) is 16.8 Å². The third-order valence-electron chi connectivity index (χ3n) is 3.81. The van der Waals surface area contributed by atoms with Crippen LogP contribution in [0.25, 0.3) is 0 Å². The number of nitrogens with zero attached hydrogens (tertiary/aromatic N) is 4. The van der Waals surface area contributed by atoms with Gasteiger partial charge in [0.15, 0.2) is 0 Å². The molecule has 2 aromatic rings. The van der Waals surface area contributed by atoms with E-state index in [-0.39, 0.29) is 0 Å². The first-order valence-corrected chi connectivity index (χ1v) is 7.22. The summed E-state index contributed by atoms with van der Waals surface area (Å²) >= 11 is 0. The van der Waals surface area contributed by atoms with Crippen molar-refractivity contribution in [2.24, 2.45) is 0 Å². The normalized spacial score (nSPS) is 14.8. The lowest BCUT2D eigenvalue weighted by molar-refractivity contribution is 0.241. The lowest BCUT2D eigenvalue weighted by Crippen LogP contribution is -2.32. The maximum atomic E-state index is 6.08. The van der Waals surface area contributed by atoms with Gasteiger partial charge in [0.2, 0.25) is 5.95 Å². The highest BCUT2D eigenvalue weighted by molar-refractivity contribution is 5.48. The molecule has 3 rings (SSSR count). The van der Waals surface area contributed by atoms with Crippen LogP contribution in [0.15, 0.2) is 30.3 Å². The van der Waals surface area contributed by atoms with Crippen LogP contribution in [-0.2, 0) is 19.5 Å². The van der Waals surface area contributed by atoms with Gasteiger partial charge in [-0.3, -0.25) is 4.90 Å². The van der Waals surface area contributed by atoms with Crippen LogP contribution < -0.4 is 10.6 Å². The van der Waals surface area contributed by atoms with Crippen LogP contribution in [-0.4, -0.2) is 35.5 Å². The minimum atomic E-state index is 0.628. The Labute approximate surface area is 125 Å². The quantitative estimate of drug-likeness (QED) is 0.929. The molecule has 0 spiro atoms. The fourth-order valence-corrected chi connectivity index (χ4v) is 2.68. The lowest BCUT2D eigenvalue weighted by Gasteiger charge is -2.29. The molecule has 1 aromatic carbocycles. The van der Waals surface area contributed by atoms with Gasteiger partial charge in [-0.15, -0.1) is 0 Å². The Hall–Kier alpha value is -2.14.